The summed E-state index contributed by atoms with van der Waals surface area (Å²) in [5.41, 5.74) is -0.447. The van der Waals surface area contributed by atoms with E-state index in [4.69, 9.17) is 10.2 Å². The number of rotatable bonds is 1. The first-order chi connectivity index (χ1) is 8.00. The van der Waals surface area contributed by atoms with Crippen LogP contribution in [0.2, 0.25) is 0 Å². The molecule has 2 aromatic carbocycles. The van der Waals surface area contributed by atoms with Gasteiger partial charge in [0.05, 0.1) is 0 Å². The van der Waals surface area contributed by atoms with E-state index in [1.807, 2.05) is 0 Å². The van der Waals surface area contributed by atoms with E-state index in [-0.39, 0.29) is 16.9 Å². The maximum atomic E-state index is 13.5. The lowest BCUT2D eigenvalue weighted by Crippen LogP contribution is -1.91. The predicted molar refractivity (Wildman–Crippen MR) is 55.1 cm³/mol. The minimum atomic E-state index is -1.24. The zero-order valence-electron chi connectivity index (χ0n) is 8.42. The Morgan fingerprint density at radius 1 is 0.765 bits per heavy atom. The number of hydrogen-bond donors (Lipinski definition) is 2. The Hall–Kier alpha value is -2.17. The normalized spacial score (nSPS) is 10.5. The number of halogens is 3. The van der Waals surface area contributed by atoms with Crippen LogP contribution in [-0.2, 0) is 0 Å². The highest BCUT2D eigenvalue weighted by Gasteiger charge is 2.16. The summed E-state index contributed by atoms with van der Waals surface area (Å²) in [6.07, 6.45) is 0. The van der Waals surface area contributed by atoms with Gasteiger partial charge in [-0.05, 0) is 24.3 Å². The fourth-order valence-electron chi connectivity index (χ4n) is 1.47. The van der Waals surface area contributed by atoms with E-state index >= 15 is 0 Å². The molecule has 0 spiro atoms. The highest BCUT2D eigenvalue weighted by atomic mass is 19.1. The molecule has 0 atom stereocenters. The molecule has 88 valence electrons. The Kier molecular flexibility index (Phi) is 2.67. The van der Waals surface area contributed by atoms with E-state index in [0.717, 1.165) is 30.3 Å². The van der Waals surface area contributed by atoms with E-state index in [1.165, 1.54) is 0 Å². The van der Waals surface area contributed by atoms with Gasteiger partial charge in [0, 0.05) is 17.2 Å². The predicted octanol–water partition coefficient (Wildman–Crippen LogP) is 3.18. The molecule has 0 saturated heterocycles. The molecule has 0 saturated carbocycles. The van der Waals surface area contributed by atoms with Crippen LogP contribution in [0.3, 0.4) is 0 Å². The molecule has 0 heterocycles. The van der Waals surface area contributed by atoms with E-state index < -0.39 is 23.2 Å². The first-order valence-electron chi connectivity index (χ1n) is 4.66. The van der Waals surface area contributed by atoms with Crippen LogP contribution in [0.5, 0.6) is 11.5 Å². The molecular weight excluding hydrogens is 233 g/mol. The first-order valence-corrected chi connectivity index (χ1v) is 4.66. The van der Waals surface area contributed by atoms with Crippen molar-refractivity contribution >= 4 is 0 Å². The van der Waals surface area contributed by atoms with Gasteiger partial charge in [-0.25, -0.2) is 13.2 Å². The van der Waals surface area contributed by atoms with Crippen molar-refractivity contribution in [1.29, 1.82) is 0 Å². The first kappa shape index (κ1) is 11.3. The summed E-state index contributed by atoms with van der Waals surface area (Å²) in [5, 5.41) is 18.1. The van der Waals surface area contributed by atoms with Gasteiger partial charge in [-0.1, -0.05) is 0 Å². The van der Waals surface area contributed by atoms with Crippen LogP contribution in [0.25, 0.3) is 11.1 Å². The third kappa shape index (κ3) is 1.91. The SMILES string of the molecule is Oc1ccc(-c2ccc(F)c(O)c2F)c(F)c1. The summed E-state index contributed by atoms with van der Waals surface area (Å²) in [7, 11) is 0. The van der Waals surface area contributed by atoms with E-state index in [0.29, 0.717) is 0 Å². The maximum absolute atomic E-state index is 13.5. The summed E-state index contributed by atoms with van der Waals surface area (Å²) >= 11 is 0. The Morgan fingerprint density at radius 2 is 1.41 bits per heavy atom. The lowest BCUT2D eigenvalue weighted by atomic mass is 10.0. The van der Waals surface area contributed by atoms with E-state index in [2.05, 4.69) is 0 Å². The minimum absolute atomic E-state index is 0.171. The second-order valence-electron chi connectivity index (χ2n) is 3.42. The van der Waals surface area contributed by atoms with Gasteiger partial charge in [0.25, 0.3) is 0 Å². The fraction of sp³-hybridized carbons (Fsp3) is 0. The monoisotopic (exact) mass is 240 g/mol. The van der Waals surface area contributed by atoms with Crippen molar-refractivity contribution in [3.63, 3.8) is 0 Å². The van der Waals surface area contributed by atoms with Gasteiger partial charge in [0.15, 0.2) is 17.4 Å². The van der Waals surface area contributed by atoms with E-state index in [1.54, 1.807) is 0 Å². The van der Waals surface area contributed by atoms with Gasteiger partial charge in [0.1, 0.15) is 11.6 Å². The lowest BCUT2D eigenvalue weighted by Gasteiger charge is -2.07. The van der Waals surface area contributed by atoms with Crippen molar-refractivity contribution in [2.75, 3.05) is 0 Å². The van der Waals surface area contributed by atoms with Gasteiger partial charge in [-0.3, -0.25) is 0 Å². The molecule has 0 unspecified atom stereocenters. The zero-order valence-corrected chi connectivity index (χ0v) is 8.42. The highest BCUT2D eigenvalue weighted by Crippen LogP contribution is 2.32. The summed E-state index contributed by atoms with van der Waals surface area (Å²) < 4.78 is 39.8. The lowest BCUT2D eigenvalue weighted by molar-refractivity contribution is 0.397. The van der Waals surface area contributed by atoms with Crippen molar-refractivity contribution in [1.82, 2.24) is 0 Å². The second-order valence-corrected chi connectivity index (χ2v) is 3.42. The largest absolute Gasteiger partial charge is 0.508 e. The number of phenols is 2. The quantitative estimate of drug-likeness (QED) is 0.803. The summed E-state index contributed by atoms with van der Waals surface area (Å²) in [6.45, 7) is 0. The second kappa shape index (κ2) is 4.01. The van der Waals surface area contributed by atoms with Gasteiger partial charge in [-0.15, -0.1) is 0 Å². The van der Waals surface area contributed by atoms with Crippen LogP contribution in [-0.4, -0.2) is 10.2 Å². The van der Waals surface area contributed by atoms with Crippen molar-refractivity contribution < 1.29 is 23.4 Å². The molecule has 0 aliphatic carbocycles. The molecule has 2 aromatic rings. The summed E-state index contributed by atoms with van der Waals surface area (Å²) in [5.74, 6) is -4.69. The van der Waals surface area contributed by atoms with Gasteiger partial charge < -0.3 is 10.2 Å². The van der Waals surface area contributed by atoms with Crippen molar-refractivity contribution in [3.8, 4) is 22.6 Å². The number of phenolic OH excluding ortho intramolecular Hbond substituents is 2. The van der Waals surface area contributed by atoms with Crippen molar-refractivity contribution in [2.24, 2.45) is 0 Å². The molecule has 5 heteroatoms. The highest BCUT2D eigenvalue weighted by molar-refractivity contribution is 5.67. The molecule has 2 rings (SSSR count). The molecule has 0 aliphatic rings. The number of aromatic hydroxyl groups is 2. The van der Waals surface area contributed by atoms with Gasteiger partial charge in [-0.2, -0.15) is 0 Å². The standard InChI is InChI=1S/C12H7F3O2/c13-9-4-3-8(11(15)12(9)17)7-2-1-6(16)5-10(7)14/h1-5,16-17H. The van der Waals surface area contributed by atoms with Crippen LogP contribution in [0.15, 0.2) is 30.3 Å². The van der Waals surface area contributed by atoms with Gasteiger partial charge >= 0.3 is 0 Å². The van der Waals surface area contributed by atoms with Crippen LogP contribution in [0.1, 0.15) is 0 Å². The molecule has 0 aliphatic heterocycles. The van der Waals surface area contributed by atoms with E-state index in [9.17, 15) is 13.2 Å². The third-order valence-corrected chi connectivity index (χ3v) is 2.31. The number of benzene rings is 2. The Labute approximate surface area is 94.6 Å². The Morgan fingerprint density at radius 3 is 2.06 bits per heavy atom. The smallest absolute Gasteiger partial charge is 0.188 e. The van der Waals surface area contributed by atoms with Crippen LogP contribution in [0.4, 0.5) is 13.2 Å². The molecule has 2 nitrogen and oxygen atoms in total. The van der Waals surface area contributed by atoms with Crippen molar-refractivity contribution in [3.05, 3.63) is 47.8 Å². The van der Waals surface area contributed by atoms with Crippen molar-refractivity contribution in [2.45, 2.75) is 0 Å². The zero-order chi connectivity index (χ0) is 12.6. The Balaban J connectivity index is 2.65. The Bertz CT molecular complexity index is 582. The molecule has 0 bridgehead atoms. The minimum Gasteiger partial charge on any atom is -0.508 e. The molecular formula is C12H7F3O2. The van der Waals surface area contributed by atoms with Crippen LogP contribution < -0.4 is 0 Å². The molecule has 2 N–H and O–H groups in total. The molecule has 0 amide bonds. The topological polar surface area (TPSA) is 40.5 Å². The fourth-order valence-corrected chi connectivity index (χ4v) is 1.47. The molecule has 17 heavy (non-hydrogen) atoms. The summed E-state index contributed by atoms with van der Waals surface area (Å²) in [4.78, 5) is 0. The molecule has 0 fully saturated rings. The summed E-state index contributed by atoms with van der Waals surface area (Å²) in [6, 6.07) is 4.95. The average molecular weight is 240 g/mol. The molecule has 0 aromatic heterocycles. The van der Waals surface area contributed by atoms with Gasteiger partial charge in [0.2, 0.25) is 0 Å². The maximum Gasteiger partial charge on any atom is 0.188 e. The number of hydrogen-bond acceptors (Lipinski definition) is 2. The average Bonchev–Trinajstić information content (AvgIpc) is 2.28. The van der Waals surface area contributed by atoms with Crippen LogP contribution in [0, 0.1) is 17.5 Å². The third-order valence-electron chi connectivity index (χ3n) is 2.31. The van der Waals surface area contributed by atoms with Crippen LogP contribution >= 0.6 is 0 Å². The molecule has 0 radical (unpaired) electrons.